The van der Waals surface area contributed by atoms with Gasteiger partial charge < -0.3 is 13.4 Å². The highest BCUT2D eigenvalue weighted by Crippen LogP contribution is 2.43. The molecule has 6 nitrogen and oxygen atoms in total. The molecular weight excluding hydrogens is 629 g/mol. The van der Waals surface area contributed by atoms with Gasteiger partial charge in [0.15, 0.2) is 11.2 Å². The zero-order valence-electron chi connectivity index (χ0n) is 27.5. The van der Waals surface area contributed by atoms with Gasteiger partial charge in [-0.2, -0.15) is 0 Å². The molecule has 0 saturated carbocycles. The van der Waals surface area contributed by atoms with Crippen molar-refractivity contribution in [3.63, 3.8) is 0 Å². The van der Waals surface area contributed by atoms with Crippen LogP contribution in [0, 0.1) is 0 Å². The number of hydrogen-bond acceptors (Lipinski definition) is 5. The van der Waals surface area contributed by atoms with E-state index in [0.29, 0.717) is 0 Å². The zero-order chi connectivity index (χ0) is 33.5. The first-order valence-electron chi connectivity index (χ1n) is 17.5. The van der Waals surface area contributed by atoms with Crippen LogP contribution < -0.4 is 16.0 Å². The largest absolute Gasteiger partial charge is 0.452 e. The molecule has 1 aliphatic rings. The SMILES string of the molecule is c1ccc(-c2cccc3c2oc2c3ccc3c2oc2cccc(C4NC(c5ccccc5)NC(n5c6ccccc6c6ccccc65)N4)c23)cc1. The summed E-state index contributed by atoms with van der Waals surface area (Å²) in [6.45, 7) is 0. The molecule has 51 heavy (non-hydrogen) atoms. The van der Waals surface area contributed by atoms with Crippen molar-refractivity contribution >= 4 is 65.7 Å². The molecule has 10 aromatic rings. The molecule has 1 saturated heterocycles. The summed E-state index contributed by atoms with van der Waals surface area (Å²) in [5.41, 5.74) is 10.0. The number of nitrogens with one attached hydrogen (secondary N) is 3. The molecular formula is C45H32N4O2. The average molecular weight is 661 g/mol. The molecule has 7 aromatic carbocycles. The predicted molar refractivity (Wildman–Crippen MR) is 206 cm³/mol. The van der Waals surface area contributed by atoms with E-state index in [2.05, 4.69) is 172 Å². The maximum absolute atomic E-state index is 6.75. The van der Waals surface area contributed by atoms with E-state index in [1.807, 2.05) is 6.07 Å². The quantitative estimate of drug-likeness (QED) is 0.175. The van der Waals surface area contributed by atoms with Crippen LogP contribution in [0.25, 0.3) is 76.8 Å². The molecule has 0 spiro atoms. The highest BCUT2D eigenvalue weighted by atomic mass is 16.4. The molecule has 0 bridgehead atoms. The molecule has 0 aliphatic carbocycles. The molecule has 3 atom stereocenters. The summed E-state index contributed by atoms with van der Waals surface area (Å²) in [6, 6.07) is 55.4. The molecule has 3 N–H and O–H groups in total. The summed E-state index contributed by atoms with van der Waals surface area (Å²) in [5.74, 6) is 0. The number of furan rings is 2. The molecule has 1 aliphatic heterocycles. The van der Waals surface area contributed by atoms with Crippen molar-refractivity contribution in [1.29, 1.82) is 0 Å². The van der Waals surface area contributed by atoms with Crippen molar-refractivity contribution in [1.82, 2.24) is 20.5 Å². The van der Waals surface area contributed by atoms with Crippen LogP contribution in [0.2, 0.25) is 0 Å². The fourth-order valence-corrected chi connectivity index (χ4v) is 8.28. The number of benzene rings is 7. The van der Waals surface area contributed by atoms with E-state index in [0.717, 1.165) is 66.1 Å². The Morgan fingerprint density at radius 3 is 1.82 bits per heavy atom. The summed E-state index contributed by atoms with van der Waals surface area (Å²) < 4.78 is 15.9. The van der Waals surface area contributed by atoms with Crippen LogP contribution in [0.4, 0.5) is 0 Å². The van der Waals surface area contributed by atoms with Gasteiger partial charge >= 0.3 is 0 Å². The Morgan fingerprint density at radius 1 is 0.431 bits per heavy atom. The van der Waals surface area contributed by atoms with Gasteiger partial charge in [0.25, 0.3) is 0 Å². The second-order valence-electron chi connectivity index (χ2n) is 13.4. The minimum absolute atomic E-state index is 0.130. The Bertz CT molecular complexity index is 2870. The van der Waals surface area contributed by atoms with Crippen LogP contribution in [-0.2, 0) is 0 Å². The summed E-state index contributed by atoms with van der Waals surface area (Å²) in [5, 5.41) is 18.4. The lowest BCUT2D eigenvalue weighted by atomic mass is 10.0. The van der Waals surface area contributed by atoms with E-state index >= 15 is 0 Å². The minimum Gasteiger partial charge on any atom is -0.452 e. The topological polar surface area (TPSA) is 67.3 Å². The summed E-state index contributed by atoms with van der Waals surface area (Å²) in [6.07, 6.45) is -0.575. The van der Waals surface area contributed by atoms with Crippen molar-refractivity contribution in [2.45, 2.75) is 18.6 Å². The van der Waals surface area contributed by atoms with Crippen LogP contribution in [-0.4, -0.2) is 4.57 Å². The van der Waals surface area contributed by atoms with Gasteiger partial charge in [-0.1, -0.05) is 127 Å². The molecule has 3 aromatic heterocycles. The number of fused-ring (bicyclic) bond motifs is 10. The molecule has 1 fully saturated rings. The Hall–Kier alpha value is -6.18. The second kappa shape index (κ2) is 11.2. The van der Waals surface area contributed by atoms with Gasteiger partial charge in [0.05, 0.1) is 23.4 Å². The number of hydrogen-bond donors (Lipinski definition) is 3. The molecule has 4 heterocycles. The third-order valence-electron chi connectivity index (χ3n) is 10.5. The normalized spacial score (nSPS) is 18.2. The van der Waals surface area contributed by atoms with Gasteiger partial charge in [0.2, 0.25) is 0 Å². The molecule has 6 heteroatoms. The van der Waals surface area contributed by atoms with E-state index < -0.39 is 0 Å². The average Bonchev–Trinajstić information content (AvgIpc) is 3.88. The highest BCUT2D eigenvalue weighted by molar-refractivity contribution is 6.20. The standard InChI is InChI=1S/C45H32N4O2/c1-3-13-27(14-4-1)29-19-11-20-32-33-25-26-34-39-35(21-12-24-38(39)50-42(34)41(33)51-40(29)32)44-46-43(28-15-5-2-6-16-28)47-45(48-44)49-36-22-9-7-17-30(36)31-18-8-10-23-37(31)49/h1-26,43-48H. The zero-order valence-corrected chi connectivity index (χ0v) is 27.5. The first kappa shape index (κ1) is 28.6. The van der Waals surface area contributed by atoms with Gasteiger partial charge in [-0.05, 0) is 47.0 Å². The van der Waals surface area contributed by atoms with Crippen molar-refractivity contribution in [2.75, 3.05) is 0 Å². The van der Waals surface area contributed by atoms with Crippen LogP contribution in [0.3, 0.4) is 0 Å². The van der Waals surface area contributed by atoms with Crippen LogP contribution >= 0.6 is 0 Å². The maximum Gasteiger partial charge on any atom is 0.178 e. The first-order valence-corrected chi connectivity index (χ1v) is 17.5. The van der Waals surface area contributed by atoms with Crippen molar-refractivity contribution in [3.8, 4) is 11.1 Å². The third-order valence-corrected chi connectivity index (χ3v) is 10.5. The molecule has 0 amide bonds. The van der Waals surface area contributed by atoms with Crippen LogP contribution in [0.1, 0.15) is 29.7 Å². The monoisotopic (exact) mass is 660 g/mol. The molecule has 11 rings (SSSR count). The van der Waals surface area contributed by atoms with Crippen molar-refractivity contribution < 1.29 is 8.83 Å². The lowest BCUT2D eigenvalue weighted by Crippen LogP contribution is -2.56. The van der Waals surface area contributed by atoms with Gasteiger partial charge in [0, 0.05) is 37.9 Å². The van der Waals surface area contributed by atoms with Crippen molar-refractivity contribution in [3.05, 3.63) is 169 Å². The highest BCUT2D eigenvalue weighted by Gasteiger charge is 2.33. The van der Waals surface area contributed by atoms with Crippen molar-refractivity contribution in [2.24, 2.45) is 0 Å². The van der Waals surface area contributed by atoms with E-state index in [1.165, 1.54) is 21.8 Å². The molecule has 0 radical (unpaired) electrons. The van der Waals surface area contributed by atoms with Gasteiger partial charge in [0.1, 0.15) is 17.5 Å². The fraction of sp³-hybridized carbons (Fsp3) is 0.0667. The van der Waals surface area contributed by atoms with Gasteiger partial charge in [-0.15, -0.1) is 0 Å². The summed E-state index contributed by atoms with van der Waals surface area (Å²) in [7, 11) is 0. The van der Waals surface area contributed by atoms with Crippen LogP contribution in [0.15, 0.2) is 167 Å². The smallest absolute Gasteiger partial charge is 0.178 e. The number of nitrogens with zero attached hydrogens (tertiary/aromatic N) is 1. The van der Waals surface area contributed by atoms with Gasteiger partial charge in [-0.3, -0.25) is 16.0 Å². The van der Waals surface area contributed by atoms with Gasteiger partial charge in [-0.25, -0.2) is 0 Å². The maximum atomic E-state index is 6.75. The first-order chi connectivity index (χ1) is 25.3. The molecule has 244 valence electrons. The summed E-state index contributed by atoms with van der Waals surface area (Å²) in [4.78, 5) is 0. The fourth-order valence-electron chi connectivity index (χ4n) is 8.28. The Labute approximate surface area is 292 Å². The lowest BCUT2D eigenvalue weighted by molar-refractivity contribution is 0.161. The Kier molecular flexibility index (Phi) is 6.27. The minimum atomic E-state index is -0.224. The number of rotatable bonds is 4. The van der Waals surface area contributed by atoms with Crippen LogP contribution in [0.5, 0.6) is 0 Å². The molecule has 3 unspecified atom stereocenters. The van der Waals surface area contributed by atoms with E-state index in [1.54, 1.807) is 0 Å². The van der Waals surface area contributed by atoms with E-state index in [9.17, 15) is 0 Å². The van der Waals surface area contributed by atoms with E-state index in [4.69, 9.17) is 8.83 Å². The third kappa shape index (κ3) is 4.34. The number of aromatic nitrogens is 1. The Morgan fingerprint density at radius 2 is 1.04 bits per heavy atom. The summed E-state index contributed by atoms with van der Waals surface area (Å²) >= 11 is 0. The van der Waals surface area contributed by atoms with E-state index in [-0.39, 0.29) is 18.6 Å². The number of para-hydroxylation sites is 3. The predicted octanol–water partition coefficient (Wildman–Crippen LogP) is 10.9. The second-order valence-corrected chi connectivity index (χ2v) is 13.4. The Balaban J connectivity index is 1.10. The lowest BCUT2D eigenvalue weighted by Gasteiger charge is -2.40.